The Balaban J connectivity index is 2.26. The van der Waals surface area contributed by atoms with Crippen molar-refractivity contribution >= 4 is 23.4 Å². The van der Waals surface area contributed by atoms with Gasteiger partial charge in [0.2, 0.25) is 0 Å². The summed E-state index contributed by atoms with van der Waals surface area (Å²) in [5.74, 6) is 1.03. The van der Waals surface area contributed by atoms with Crippen molar-refractivity contribution in [1.29, 1.82) is 0 Å². The number of hydrogen-bond acceptors (Lipinski definition) is 4. The number of halogens is 1. The van der Waals surface area contributed by atoms with Crippen LogP contribution in [-0.2, 0) is 0 Å². The molecule has 3 N–H and O–H groups in total. The molecule has 0 spiro atoms. The van der Waals surface area contributed by atoms with E-state index >= 15 is 0 Å². The van der Waals surface area contributed by atoms with Crippen molar-refractivity contribution in [3.8, 4) is 0 Å². The number of fused-ring (bicyclic) bond motifs is 1. The zero-order valence-corrected chi connectivity index (χ0v) is 12.6. The van der Waals surface area contributed by atoms with Crippen LogP contribution in [-0.4, -0.2) is 34.7 Å². The predicted molar refractivity (Wildman–Crippen MR) is 79.9 cm³/mol. The standard InChI is InChI=1S/C14H20ClNO2S/c1-2-14(8-17,9-18)16-12-5-6-19-13-4-3-10(15)7-11(12)13/h3-4,7,12,16-18H,2,5-6,8-9H2,1H3. The Hall–Kier alpha value is -0.260. The van der Waals surface area contributed by atoms with E-state index in [0.29, 0.717) is 6.42 Å². The molecule has 0 saturated heterocycles. The largest absolute Gasteiger partial charge is 0.394 e. The monoisotopic (exact) mass is 301 g/mol. The van der Waals surface area contributed by atoms with Gasteiger partial charge in [0, 0.05) is 16.0 Å². The topological polar surface area (TPSA) is 52.5 Å². The van der Waals surface area contributed by atoms with Gasteiger partial charge in [-0.3, -0.25) is 0 Å². The minimum atomic E-state index is -0.619. The van der Waals surface area contributed by atoms with Crippen LogP contribution >= 0.6 is 23.4 Å². The van der Waals surface area contributed by atoms with E-state index in [1.165, 1.54) is 10.5 Å². The van der Waals surface area contributed by atoms with Gasteiger partial charge in [-0.25, -0.2) is 0 Å². The zero-order valence-electron chi connectivity index (χ0n) is 11.0. The van der Waals surface area contributed by atoms with E-state index in [9.17, 15) is 10.2 Å². The van der Waals surface area contributed by atoms with E-state index in [2.05, 4.69) is 5.32 Å². The molecule has 1 unspecified atom stereocenters. The van der Waals surface area contributed by atoms with E-state index in [1.54, 1.807) is 0 Å². The zero-order chi connectivity index (χ0) is 13.9. The Labute approximate surface area is 123 Å². The van der Waals surface area contributed by atoms with Gasteiger partial charge in [0.25, 0.3) is 0 Å². The van der Waals surface area contributed by atoms with E-state index in [-0.39, 0.29) is 19.3 Å². The number of rotatable bonds is 5. The molecule has 1 atom stereocenters. The van der Waals surface area contributed by atoms with E-state index in [0.717, 1.165) is 17.2 Å². The molecule has 0 radical (unpaired) electrons. The Morgan fingerprint density at radius 2 is 2.16 bits per heavy atom. The van der Waals surface area contributed by atoms with Crippen LogP contribution in [0.4, 0.5) is 0 Å². The van der Waals surface area contributed by atoms with Gasteiger partial charge in [0.15, 0.2) is 0 Å². The smallest absolute Gasteiger partial charge is 0.0650 e. The summed E-state index contributed by atoms with van der Waals surface area (Å²) in [6, 6.07) is 6.06. The summed E-state index contributed by atoms with van der Waals surface area (Å²) in [6.45, 7) is 1.83. The molecular formula is C14H20ClNO2S. The molecule has 0 fully saturated rings. The van der Waals surface area contributed by atoms with Crippen molar-refractivity contribution in [3.63, 3.8) is 0 Å². The van der Waals surface area contributed by atoms with Crippen molar-refractivity contribution in [1.82, 2.24) is 5.32 Å². The molecule has 5 heteroatoms. The number of benzene rings is 1. The lowest BCUT2D eigenvalue weighted by molar-refractivity contribution is 0.0765. The summed E-state index contributed by atoms with van der Waals surface area (Å²) in [4.78, 5) is 1.23. The molecule has 3 nitrogen and oxygen atoms in total. The minimum Gasteiger partial charge on any atom is -0.394 e. The van der Waals surface area contributed by atoms with Gasteiger partial charge in [0.1, 0.15) is 0 Å². The van der Waals surface area contributed by atoms with Crippen LogP contribution in [0.1, 0.15) is 31.4 Å². The fourth-order valence-electron chi connectivity index (χ4n) is 2.35. The van der Waals surface area contributed by atoms with Gasteiger partial charge in [-0.15, -0.1) is 11.8 Å². The van der Waals surface area contributed by atoms with Crippen molar-refractivity contribution < 1.29 is 10.2 Å². The summed E-state index contributed by atoms with van der Waals surface area (Å²) in [5.41, 5.74) is 0.551. The number of thioether (sulfide) groups is 1. The third-order valence-corrected chi connectivity index (χ3v) is 5.13. The Bertz CT molecular complexity index is 429. The molecule has 0 aliphatic carbocycles. The molecule has 0 aromatic heterocycles. The first-order valence-corrected chi connectivity index (χ1v) is 7.92. The molecule has 106 valence electrons. The first kappa shape index (κ1) is 15.1. The quantitative estimate of drug-likeness (QED) is 0.782. The first-order chi connectivity index (χ1) is 9.14. The lowest BCUT2D eigenvalue weighted by atomic mass is 9.94. The highest BCUT2D eigenvalue weighted by Gasteiger charge is 2.32. The van der Waals surface area contributed by atoms with Crippen molar-refractivity contribution in [2.45, 2.75) is 36.2 Å². The van der Waals surface area contributed by atoms with Crippen molar-refractivity contribution in [2.24, 2.45) is 0 Å². The molecule has 1 aliphatic rings. The molecule has 1 aliphatic heterocycles. The molecule has 0 bridgehead atoms. The normalized spacial score (nSPS) is 19.3. The maximum atomic E-state index is 9.56. The lowest BCUT2D eigenvalue weighted by Gasteiger charge is -2.37. The second-order valence-corrected chi connectivity index (χ2v) is 6.54. The Kier molecular flexibility index (Phi) is 5.15. The van der Waals surface area contributed by atoms with Crippen LogP contribution in [0.25, 0.3) is 0 Å². The number of aliphatic hydroxyl groups is 2. The Morgan fingerprint density at radius 1 is 1.42 bits per heavy atom. The molecule has 1 aromatic carbocycles. The van der Waals surface area contributed by atoms with Gasteiger partial charge in [-0.1, -0.05) is 18.5 Å². The van der Waals surface area contributed by atoms with Gasteiger partial charge >= 0.3 is 0 Å². The Morgan fingerprint density at radius 3 is 2.79 bits per heavy atom. The van der Waals surface area contributed by atoms with Crippen LogP contribution in [0, 0.1) is 0 Å². The average Bonchev–Trinajstić information content (AvgIpc) is 2.45. The number of nitrogens with one attached hydrogen (secondary N) is 1. The van der Waals surface area contributed by atoms with E-state index in [4.69, 9.17) is 11.6 Å². The van der Waals surface area contributed by atoms with Crippen LogP contribution in [0.5, 0.6) is 0 Å². The number of aliphatic hydroxyl groups excluding tert-OH is 2. The predicted octanol–water partition coefficient (Wildman–Crippen LogP) is 2.60. The van der Waals surface area contributed by atoms with E-state index < -0.39 is 5.54 Å². The maximum absolute atomic E-state index is 9.56. The van der Waals surface area contributed by atoms with Gasteiger partial charge in [-0.05, 0) is 42.4 Å². The molecule has 1 heterocycles. The van der Waals surface area contributed by atoms with Crippen LogP contribution < -0.4 is 5.32 Å². The average molecular weight is 302 g/mol. The number of hydrogen-bond donors (Lipinski definition) is 3. The highest BCUT2D eigenvalue weighted by Crippen LogP contribution is 2.38. The molecule has 0 amide bonds. The summed E-state index contributed by atoms with van der Waals surface area (Å²) in [6.07, 6.45) is 1.65. The summed E-state index contributed by atoms with van der Waals surface area (Å²) in [7, 11) is 0. The summed E-state index contributed by atoms with van der Waals surface area (Å²) in [5, 5.41) is 23.3. The molecule has 2 rings (SSSR count). The van der Waals surface area contributed by atoms with Crippen molar-refractivity contribution in [2.75, 3.05) is 19.0 Å². The van der Waals surface area contributed by atoms with Crippen LogP contribution in [0.3, 0.4) is 0 Å². The molecule has 1 aromatic rings. The van der Waals surface area contributed by atoms with Crippen LogP contribution in [0.2, 0.25) is 5.02 Å². The van der Waals surface area contributed by atoms with Crippen LogP contribution in [0.15, 0.2) is 23.1 Å². The summed E-state index contributed by atoms with van der Waals surface area (Å²) >= 11 is 7.91. The van der Waals surface area contributed by atoms with E-state index in [1.807, 2.05) is 36.9 Å². The third kappa shape index (κ3) is 3.26. The van der Waals surface area contributed by atoms with Gasteiger partial charge < -0.3 is 15.5 Å². The molecule has 19 heavy (non-hydrogen) atoms. The highest BCUT2D eigenvalue weighted by molar-refractivity contribution is 7.99. The third-order valence-electron chi connectivity index (χ3n) is 3.77. The maximum Gasteiger partial charge on any atom is 0.0650 e. The second kappa shape index (κ2) is 6.46. The SMILES string of the molecule is CCC(CO)(CO)NC1CCSc2ccc(Cl)cc21. The van der Waals surface area contributed by atoms with Gasteiger partial charge in [0.05, 0.1) is 18.8 Å². The van der Waals surface area contributed by atoms with Crippen molar-refractivity contribution in [3.05, 3.63) is 28.8 Å². The summed E-state index contributed by atoms with van der Waals surface area (Å²) < 4.78 is 0. The fourth-order valence-corrected chi connectivity index (χ4v) is 3.64. The molecule has 0 saturated carbocycles. The van der Waals surface area contributed by atoms with Gasteiger partial charge in [-0.2, -0.15) is 0 Å². The fraction of sp³-hybridized carbons (Fsp3) is 0.571. The highest BCUT2D eigenvalue weighted by atomic mass is 35.5. The first-order valence-electron chi connectivity index (χ1n) is 6.56. The second-order valence-electron chi connectivity index (χ2n) is 4.97. The molecular weight excluding hydrogens is 282 g/mol. The minimum absolute atomic E-state index is 0.0699. The lowest BCUT2D eigenvalue weighted by Crippen LogP contribution is -2.53.